The van der Waals surface area contributed by atoms with E-state index in [1.54, 1.807) is 43.9 Å². The number of methoxy groups -OCH3 is 1. The van der Waals surface area contributed by atoms with E-state index in [1.807, 2.05) is 18.2 Å². The Labute approximate surface area is 423 Å². The summed E-state index contributed by atoms with van der Waals surface area (Å²) >= 11 is 3.63. The highest BCUT2D eigenvalue weighted by Gasteiger charge is 2.40. The summed E-state index contributed by atoms with van der Waals surface area (Å²) in [6.07, 6.45) is 12.5. The van der Waals surface area contributed by atoms with Crippen LogP contribution in [0.1, 0.15) is 78.8 Å². The number of fused-ring (bicyclic) bond motifs is 2. The molecule has 11 rings (SSSR count). The molecule has 5 aliphatic heterocycles. The average molecular weight is 1050 g/mol. The van der Waals surface area contributed by atoms with Crippen molar-refractivity contribution < 1.29 is 23.7 Å². The largest absolute Gasteiger partial charge is 0.494 e. The van der Waals surface area contributed by atoms with Crippen molar-refractivity contribution in [1.29, 1.82) is 0 Å². The molecule has 1 aliphatic carbocycles. The van der Waals surface area contributed by atoms with E-state index in [4.69, 9.17) is 9.72 Å². The number of hydrogen-bond acceptors (Lipinski definition) is 15. The van der Waals surface area contributed by atoms with Crippen LogP contribution in [-0.4, -0.2) is 144 Å². The summed E-state index contributed by atoms with van der Waals surface area (Å²) in [5, 5.41) is 9.90. The predicted molar refractivity (Wildman–Crippen MR) is 281 cm³/mol. The summed E-state index contributed by atoms with van der Waals surface area (Å²) in [6, 6.07) is 14.3. The number of carbonyl (C=O) groups is 3. The SMILES string of the molecule is COc1cc(N2CCC(N3CCN(CC4CCN(c5ccc6c(c5)CN(C5CCC(=O)NC5=O)C6=O)CC4)CC3)CC2)c(C2CC2)cc1Nc1ncc(Br)c(Nc2ccc3nccnc3c2P(C)(C)=O)n1. The molecule has 0 radical (unpaired) electrons. The van der Waals surface area contributed by atoms with Gasteiger partial charge in [0.05, 0.1) is 33.8 Å². The van der Waals surface area contributed by atoms with E-state index in [1.165, 1.54) is 24.1 Å². The average Bonchev–Trinajstić information content (AvgIpc) is 4.17. The van der Waals surface area contributed by atoms with Gasteiger partial charge in [-0.1, -0.05) is 0 Å². The van der Waals surface area contributed by atoms with E-state index in [0.29, 0.717) is 74.7 Å². The highest BCUT2D eigenvalue weighted by molar-refractivity contribution is 9.10. The molecule has 372 valence electrons. The second kappa shape index (κ2) is 19.7. The number of halogens is 1. The Morgan fingerprint density at radius 2 is 1.58 bits per heavy atom. The van der Waals surface area contributed by atoms with Crippen molar-refractivity contribution in [3.63, 3.8) is 0 Å². The van der Waals surface area contributed by atoms with Crippen LogP contribution in [0.2, 0.25) is 0 Å². The summed E-state index contributed by atoms with van der Waals surface area (Å²) in [6.45, 7) is 13.5. The molecule has 3 N–H and O–H groups in total. The lowest BCUT2D eigenvalue weighted by atomic mass is 9.95. The molecule has 5 fully saturated rings. The Morgan fingerprint density at radius 1 is 0.817 bits per heavy atom. The molecule has 71 heavy (non-hydrogen) atoms. The van der Waals surface area contributed by atoms with Gasteiger partial charge in [-0.3, -0.25) is 34.6 Å². The zero-order valence-electron chi connectivity index (χ0n) is 40.7. The number of carbonyl (C=O) groups excluding carboxylic acids is 3. The van der Waals surface area contributed by atoms with Crippen molar-refractivity contribution in [3.8, 4) is 5.75 Å². The Bertz CT molecular complexity index is 2930. The van der Waals surface area contributed by atoms with Crippen molar-refractivity contribution in [1.82, 2.24) is 40.0 Å². The van der Waals surface area contributed by atoms with E-state index < -0.39 is 13.2 Å². The van der Waals surface area contributed by atoms with Gasteiger partial charge in [0.2, 0.25) is 17.8 Å². The van der Waals surface area contributed by atoms with Crippen LogP contribution in [0.15, 0.2) is 65.5 Å². The molecule has 5 aromatic rings. The number of ether oxygens (including phenoxy) is 1. The molecule has 0 spiro atoms. The van der Waals surface area contributed by atoms with Crippen LogP contribution >= 0.6 is 23.1 Å². The first-order chi connectivity index (χ1) is 34.4. The molecule has 2 aromatic heterocycles. The molecule has 17 nitrogen and oxygen atoms in total. The Balaban J connectivity index is 0.671. The first kappa shape index (κ1) is 47.6. The maximum atomic E-state index is 13.6. The maximum absolute atomic E-state index is 13.6. The number of nitrogens with one attached hydrogen (secondary N) is 3. The quantitative estimate of drug-likeness (QED) is 0.0805. The topological polar surface area (TPSA) is 181 Å². The highest BCUT2D eigenvalue weighted by Crippen LogP contribution is 2.49. The summed E-state index contributed by atoms with van der Waals surface area (Å²) in [4.78, 5) is 68.0. The van der Waals surface area contributed by atoms with Crippen LogP contribution in [0.4, 0.5) is 34.5 Å². The molecule has 6 aliphatic rings. The van der Waals surface area contributed by atoms with Crippen LogP contribution in [0.5, 0.6) is 5.75 Å². The number of piperidine rings is 3. The van der Waals surface area contributed by atoms with Gasteiger partial charge in [-0.05, 0) is 134 Å². The lowest BCUT2D eigenvalue weighted by Gasteiger charge is -2.44. The summed E-state index contributed by atoms with van der Waals surface area (Å²) in [7, 11) is -1.06. The fourth-order valence-corrected chi connectivity index (χ4v) is 13.2. The van der Waals surface area contributed by atoms with Crippen LogP contribution in [-0.2, 0) is 20.7 Å². The first-order valence-corrected chi connectivity index (χ1v) is 28.6. The number of rotatable bonds is 13. The smallest absolute Gasteiger partial charge is 0.255 e. The molecule has 0 bridgehead atoms. The number of anilines is 6. The maximum Gasteiger partial charge on any atom is 0.255 e. The van der Waals surface area contributed by atoms with E-state index in [0.717, 1.165) is 107 Å². The van der Waals surface area contributed by atoms with E-state index in [-0.39, 0.29) is 24.1 Å². The lowest BCUT2D eigenvalue weighted by Crippen LogP contribution is -2.54. The van der Waals surface area contributed by atoms with Gasteiger partial charge in [-0.25, -0.2) is 4.98 Å². The molecule has 1 atom stereocenters. The summed E-state index contributed by atoms with van der Waals surface area (Å²) in [5.74, 6) is 2.08. The Hall–Kier alpha value is -5.68. The van der Waals surface area contributed by atoms with Gasteiger partial charge in [0.25, 0.3) is 5.91 Å². The summed E-state index contributed by atoms with van der Waals surface area (Å²) < 4.78 is 20.3. The van der Waals surface area contributed by atoms with Crippen molar-refractivity contribution in [2.45, 2.75) is 75.9 Å². The summed E-state index contributed by atoms with van der Waals surface area (Å²) in [5.41, 5.74) is 8.14. The van der Waals surface area contributed by atoms with Crippen molar-refractivity contribution in [2.24, 2.45) is 5.92 Å². The first-order valence-electron chi connectivity index (χ1n) is 25.2. The third-order valence-electron chi connectivity index (χ3n) is 15.5. The highest BCUT2D eigenvalue weighted by atomic mass is 79.9. The number of hydrogen-bond donors (Lipinski definition) is 3. The fraction of sp³-hybridized carbons (Fsp3) is 0.481. The predicted octanol–water partition coefficient (Wildman–Crippen LogP) is 7.07. The van der Waals surface area contributed by atoms with Crippen molar-refractivity contribution >= 4 is 91.6 Å². The van der Waals surface area contributed by atoms with E-state index in [9.17, 15) is 18.9 Å². The molecule has 19 heteroatoms. The van der Waals surface area contributed by atoms with Gasteiger partial charge >= 0.3 is 0 Å². The third-order valence-corrected chi connectivity index (χ3v) is 17.6. The molecule has 3 amide bonds. The van der Waals surface area contributed by atoms with Gasteiger partial charge < -0.3 is 39.5 Å². The number of amides is 3. The number of piperazine rings is 1. The van der Waals surface area contributed by atoms with Crippen LogP contribution in [0.25, 0.3) is 11.0 Å². The normalized spacial score (nSPS) is 20.9. The minimum Gasteiger partial charge on any atom is -0.494 e. The molecular weight excluding hydrogens is 984 g/mol. The zero-order valence-corrected chi connectivity index (χ0v) is 43.2. The molecule has 1 saturated carbocycles. The third kappa shape index (κ3) is 9.97. The number of benzene rings is 3. The fourth-order valence-electron chi connectivity index (χ4n) is 11.6. The van der Waals surface area contributed by atoms with Gasteiger partial charge in [0, 0.05) is 120 Å². The molecule has 7 heterocycles. The Morgan fingerprint density at radius 3 is 2.31 bits per heavy atom. The minimum atomic E-state index is -2.77. The lowest BCUT2D eigenvalue weighted by molar-refractivity contribution is -0.136. The van der Waals surface area contributed by atoms with Crippen LogP contribution in [0, 0.1) is 5.92 Å². The van der Waals surface area contributed by atoms with Crippen LogP contribution in [0.3, 0.4) is 0 Å². The number of nitrogens with zero attached hydrogens (tertiary/aromatic N) is 9. The number of imide groups is 1. The van der Waals surface area contributed by atoms with Gasteiger partial charge in [-0.15, -0.1) is 0 Å². The van der Waals surface area contributed by atoms with E-state index >= 15 is 0 Å². The standard InChI is InChI=1S/C52H62BrN12O5P/c1-70-45-28-44(38(33-4-5-33)27-42(45)58-52-56-29-39(53)49(60-52)57-41-9-8-40-47(55-17-16-54-40)48(41)71(2,3)69)64-20-14-35(15-21-64)63-24-22-61(23-25-63)30-32-12-18-62(19-13-32)36-6-7-37-34(26-36)31-65(51(37)68)43-10-11-46(66)59-50(43)67/h6-9,16-17,26-29,32-33,35,43H,4-5,10-15,18-25,30-31H2,1-3H3,(H,59,66,67)(H2,56,57,58,60). The van der Waals surface area contributed by atoms with Crippen LogP contribution < -0.4 is 35.8 Å². The second-order valence-corrected chi connectivity index (χ2v) is 24.5. The van der Waals surface area contributed by atoms with Crippen molar-refractivity contribution in [2.75, 3.05) is 99.8 Å². The number of aromatic nitrogens is 4. The van der Waals surface area contributed by atoms with Gasteiger partial charge in [-0.2, -0.15) is 4.98 Å². The molecular formula is C52H62BrN12O5P. The molecule has 3 aromatic carbocycles. The Kier molecular flexibility index (Phi) is 13.2. The molecule has 4 saturated heterocycles. The minimum absolute atomic E-state index is 0.123. The second-order valence-electron chi connectivity index (χ2n) is 20.5. The van der Waals surface area contributed by atoms with Crippen molar-refractivity contribution in [3.05, 3.63) is 82.2 Å². The monoisotopic (exact) mass is 1040 g/mol. The molecule has 1 unspecified atom stereocenters. The zero-order chi connectivity index (χ0) is 49.0. The van der Waals surface area contributed by atoms with Gasteiger partial charge in [0.15, 0.2) is 0 Å². The van der Waals surface area contributed by atoms with E-state index in [2.05, 4.69) is 90.7 Å². The van der Waals surface area contributed by atoms with Gasteiger partial charge in [0.1, 0.15) is 30.3 Å².